The van der Waals surface area contributed by atoms with Gasteiger partial charge in [-0.05, 0) is 82.8 Å². The molecule has 0 bridgehead atoms. The van der Waals surface area contributed by atoms with Crippen LogP contribution in [-0.2, 0) is 19.1 Å². The third-order valence-electron chi connectivity index (χ3n) is 8.75. The van der Waals surface area contributed by atoms with E-state index < -0.39 is 6.23 Å². The van der Waals surface area contributed by atoms with E-state index in [2.05, 4.69) is 55.6 Å². The predicted molar refractivity (Wildman–Crippen MR) is 210 cm³/mol. The molecule has 5 nitrogen and oxygen atoms in total. The van der Waals surface area contributed by atoms with E-state index in [1.165, 1.54) is 96.3 Å². The first-order valence-electron chi connectivity index (χ1n) is 20.3. The highest BCUT2D eigenvalue weighted by atomic mass is 16.6. The van der Waals surface area contributed by atoms with E-state index in [-0.39, 0.29) is 18.5 Å². The summed E-state index contributed by atoms with van der Waals surface area (Å²) >= 11 is 0. The first kappa shape index (κ1) is 44.2. The Hall–Kier alpha value is -2.82. The number of unbranched alkanes of at least 4 members (excludes halogenated alkanes) is 19. The number of hydrogen-bond donors (Lipinski definition) is 1. The molecule has 0 radical (unpaired) electrons. The van der Waals surface area contributed by atoms with Crippen molar-refractivity contribution in [2.24, 2.45) is 0 Å². The Bertz CT molecular complexity index is 970. The SMILES string of the molecule is CCCCC/C=C\C/C=C\CCCCCCCC(=O)OC(COC(=O)CCCCCCC/C=C\CCCCCCCC)Nc1ccccc1. The third-order valence-corrected chi connectivity index (χ3v) is 8.75. The van der Waals surface area contributed by atoms with E-state index in [1.807, 2.05) is 30.3 Å². The second-order valence-corrected chi connectivity index (χ2v) is 13.5. The number of allylic oxidation sites excluding steroid dienone is 6. The van der Waals surface area contributed by atoms with Gasteiger partial charge in [0.25, 0.3) is 0 Å². The molecule has 5 heteroatoms. The molecule has 0 fully saturated rings. The van der Waals surface area contributed by atoms with Crippen LogP contribution in [0.2, 0.25) is 0 Å². The van der Waals surface area contributed by atoms with Crippen molar-refractivity contribution in [3.63, 3.8) is 0 Å². The van der Waals surface area contributed by atoms with Crippen LogP contribution in [0, 0.1) is 0 Å². The van der Waals surface area contributed by atoms with E-state index in [0.717, 1.165) is 63.5 Å². The highest BCUT2D eigenvalue weighted by Crippen LogP contribution is 2.14. The summed E-state index contributed by atoms with van der Waals surface area (Å²) in [5.74, 6) is -0.491. The summed E-state index contributed by atoms with van der Waals surface area (Å²) in [6.45, 7) is 4.51. The summed E-state index contributed by atoms with van der Waals surface area (Å²) in [5, 5.41) is 3.20. The summed E-state index contributed by atoms with van der Waals surface area (Å²) in [6, 6.07) is 9.60. The fourth-order valence-electron chi connectivity index (χ4n) is 5.70. The third kappa shape index (κ3) is 30.9. The van der Waals surface area contributed by atoms with Crippen LogP contribution in [0.1, 0.15) is 181 Å². The zero-order valence-electron chi connectivity index (χ0n) is 31.7. The Morgan fingerprint density at radius 2 is 0.980 bits per heavy atom. The maximum absolute atomic E-state index is 12.6. The van der Waals surface area contributed by atoms with Crippen molar-refractivity contribution in [3.8, 4) is 0 Å². The lowest BCUT2D eigenvalue weighted by Crippen LogP contribution is -2.32. The van der Waals surface area contributed by atoms with Gasteiger partial charge >= 0.3 is 11.9 Å². The summed E-state index contributed by atoms with van der Waals surface area (Å²) in [7, 11) is 0. The highest BCUT2D eigenvalue weighted by molar-refractivity contribution is 5.70. The van der Waals surface area contributed by atoms with Crippen LogP contribution in [-0.4, -0.2) is 24.8 Å². The number of carbonyl (C=O) groups is 2. The number of carbonyl (C=O) groups excluding carboxylic acids is 2. The van der Waals surface area contributed by atoms with Gasteiger partial charge in [-0.3, -0.25) is 9.59 Å². The molecule has 1 N–H and O–H groups in total. The van der Waals surface area contributed by atoms with Crippen molar-refractivity contribution in [2.75, 3.05) is 11.9 Å². The number of hydrogen-bond acceptors (Lipinski definition) is 5. The molecule has 0 aliphatic heterocycles. The maximum Gasteiger partial charge on any atom is 0.307 e. The Morgan fingerprint density at radius 1 is 0.551 bits per heavy atom. The number of nitrogens with one attached hydrogen (secondary N) is 1. The molecule has 0 aromatic heterocycles. The smallest absolute Gasteiger partial charge is 0.307 e. The number of para-hydroxylation sites is 1. The molecule has 0 saturated carbocycles. The van der Waals surface area contributed by atoms with Crippen LogP contribution >= 0.6 is 0 Å². The van der Waals surface area contributed by atoms with Gasteiger partial charge in [-0.25, -0.2) is 0 Å². The maximum atomic E-state index is 12.6. The molecule has 1 aromatic carbocycles. The van der Waals surface area contributed by atoms with Crippen molar-refractivity contribution in [3.05, 3.63) is 66.8 Å². The van der Waals surface area contributed by atoms with E-state index >= 15 is 0 Å². The molecule has 1 unspecified atom stereocenters. The van der Waals surface area contributed by atoms with Gasteiger partial charge in [0, 0.05) is 18.5 Å². The molecule has 49 heavy (non-hydrogen) atoms. The summed E-state index contributed by atoms with van der Waals surface area (Å²) in [6.07, 6.45) is 42.4. The monoisotopic (exact) mass is 680 g/mol. The number of rotatable bonds is 34. The molecular formula is C44H73NO4. The number of esters is 2. The fraction of sp³-hybridized carbons (Fsp3) is 0.682. The molecular weight excluding hydrogens is 606 g/mol. The van der Waals surface area contributed by atoms with Gasteiger partial charge in [0.2, 0.25) is 6.23 Å². The van der Waals surface area contributed by atoms with E-state index in [0.29, 0.717) is 12.8 Å². The molecule has 0 saturated heterocycles. The van der Waals surface area contributed by atoms with Gasteiger partial charge in [0.05, 0.1) is 0 Å². The summed E-state index contributed by atoms with van der Waals surface area (Å²) in [5.41, 5.74) is 0.825. The second kappa shape index (κ2) is 35.0. The van der Waals surface area contributed by atoms with Crippen molar-refractivity contribution >= 4 is 17.6 Å². The molecule has 1 atom stereocenters. The topological polar surface area (TPSA) is 64.6 Å². The number of anilines is 1. The minimum absolute atomic E-state index is 0.00666. The quantitative estimate of drug-likeness (QED) is 0.0340. The van der Waals surface area contributed by atoms with Gasteiger partial charge < -0.3 is 14.8 Å². The fourth-order valence-corrected chi connectivity index (χ4v) is 5.70. The average Bonchev–Trinajstić information content (AvgIpc) is 3.11. The van der Waals surface area contributed by atoms with E-state index in [9.17, 15) is 9.59 Å². The minimum Gasteiger partial charge on any atom is -0.460 e. The van der Waals surface area contributed by atoms with Crippen molar-refractivity contribution in [2.45, 2.75) is 187 Å². The van der Waals surface area contributed by atoms with Gasteiger partial charge in [0.15, 0.2) is 0 Å². The second-order valence-electron chi connectivity index (χ2n) is 13.5. The molecule has 0 aliphatic rings. The summed E-state index contributed by atoms with van der Waals surface area (Å²) < 4.78 is 11.2. The number of benzene rings is 1. The van der Waals surface area contributed by atoms with Crippen LogP contribution in [0.15, 0.2) is 66.8 Å². The van der Waals surface area contributed by atoms with Crippen molar-refractivity contribution in [1.29, 1.82) is 0 Å². The molecule has 0 aliphatic carbocycles. The van der Waals surface area contributed by atoms with Gasteiger partial charge in [0.1, 0.15) is 6.61 Å². The Kier molecular flexibility index (Phi) is 31.6. The first-order chi connectivity index (χ1) is 24.2. The summed E-state index contributed by atoms with van der Waals surface area (Å²) in [4.78, 5) is 25.1. The van der Waals surface area contributed by atoms with Crippen LogP contribution in [0.4, 0.5) is 5.69 Å². The zero-order valence-corrected chi connectivity index (χ0v) is 31.7. The van der Waals surface area contributed by atoms with Crippen LogP contribution in [0.25, 0.3) is 0 Å². The molecule has 1 aromatic rings. The lowest BCUT2D eigenvalue weighted by molar-refractivity contribution is -0.157. The molecule has 278 valence electrons. The first-order valence-corrected chi connectivity index (χ1v) is 20.3. The lowest BCUT2D eigenvalue weighted by Gasteiger charge is -2.20. The highest BCUT2D eigenvalue weighted by Gasteiger charge is 2.17. The lowest BCUT2D eigenvalue weighted by atomic mass is 10.1. The normalized spacial score (nSPS) is 12.3. The molecule has 0 spiro atoms. The van der Waals surface area contributed by atoms with Crippen LogP contribution in [0.5, 0.6) is 0 Å². The molecule has 0 heterocycles. The van der Waals surface area contributed by atoms with Crippen LogP contribution < -0.4 is 5.32 Å². The van der Waals surface area contributed by atoms with E-state index in [4.69, 9.17) is 9.47 Å². The Balaban J connectivity index is 2.15. The average molecular weight is 680 g/mol. The van der Waals surface area contributed by atoms with E-state index in [1.54, 1.807) is 0 Å². The Labute approximate surface area is 301 Å². The largest absolute Gasteiger partial charge is 0.460 e. The molecule has 0 amide bonds. The van der Waals surface area contributed by atoms with Gasteiger partial charge in [-0.1, -0.05) is 152 Å². The Morgan fingerprint density at radius 3 is 1.53 bits per heavy atom. The van der Waals surface area contributed by atoms with Crippen molar-refractivity contribution < 1.29 is 19.1 Å². The molecule has 1 rings (SSSR count). The predicted octanol–water partition coefficient (Wildman–Crippen LogP) is 13.4. The van der Waals surface area contributed by atoms with Crippen LogP contribution in [0.3, 0.4) is 0 Å². The van der Waals surface area contributed by atoms with Crippen molar-refractivity contribution in [1.82, 2.24) is 0 Å². The minimum atomic E-state index is -0.703. The zero-order chi connectivity index (χ0) is 35.3. The van der Waals surface area contributed by atoms with Gasteiger partial charge in [-0.2, -0.15) is 0 Å². The van der Waals surface area contributed by atoms with Gasteiger partial charge in [-0.15, -0.1) is 0 Å². The number of ether oxygens (including phenoxy) is 2. The standard InChI is InChI=1S/C44H73NO4/c1-3-5-7-9-11-13-15-17-19-21-23-25-27-29-34-38-43(46)48-40-42(45-41-36-32-31-33-37-41)49-44(47)39-35-30-28-26-24-22-20-18-16-14-12-10-8-6-4-2/h12,14,17-20,31-33,36-37,42,45H,3-11,13,15-16,21-30,34-35,38-40H2,1-2H3/b14-12-,19-17-,20-18-.